The van der Waals surface area contributed by atoms with Gasteiger partial charge in [0.1, 0.15) is 5.75 Å². The fourth-order valence-corrected chi connectivity index (χ4v) is 4.03. The molecule has 0 spiro atoms. The van der Waals surface area contributed by atoms with Gasteiger partial charge in [-0.1, -0.05) is 13.0 Å². The number of nitrogens with zero attached hydrogens (tertiary/aromatic N) is 1. The van der Waals surface area contributed by atoms with Gasteiger partial charge in [-0.15, -0.1) is 0 Å². The average molecular weight is 274 g/mol. The van der Waals surface area contributed by atoms with Gasteiger partial charge in [0.2, 0.25) is 0 Å². The Kier molecular flexibility index (Phi) is 3.99. The molecule has 1 heterocycles. The molecule has 1 aromatic carbocycles. The zero-order chi connectivity index (χ0) is 14.1. The van der Waals surface area contributed by atoms with Crippen LogP contribution in [0.3, 0.4) is 0 Å². The Hall–Kier alpha value is -1.06. The second-order valence-electron chi connectivity index (χ2n) is 6.14. The maximum atomic E-state index is 6.61. The molecule has 0 aromatic heterocycles. The molecular weight excluding hydrogens is 248 g/mol. The van der Waals surface area contributed by atoms with Crippen molar-refractivity contribution in [1.29, 1.82) is 0 Å². The van der Waals surface area contributed by atoms with Crippen LogP contribution in [0, 0.1) is 0 Å². The summed E-state index contributed by atoms with van der Waals surface area (Å²) in [5.41, 5.74) is 9.31. The van der Waals surface area contributed by atoms with Gasteiger partial charge in [-0.2, -0.15) is 0 Å². The van der Waals surface area contributed by atoms with E-state index >= 15 is 0 Å². The fraction of sp³-hybridized carbons (Fsp3) is 0.647. The highest BCUT2D eigenvalue weighted by atomic mass is 16.5. The van der Waals surface area contributed by atoms with E-state index in [1.54, 1.807) is 7.11 Å². The lowest BCUT2D eigenvalue weighted by Crippen LogP contribution is -2.47. The topological polar surface area (TPSA) is 38.5 Å². The van der Waals surface area contributed by atoms with Crippen LogP contribution in [0.1, 0.15) is 49.8 Å². The van der Waals surface area contributed by atoms with Crippen molar-refractivity contribution in [3.8, 4) is 5.75 Å². The average Bonchev–Trinajstić information content (AvgIpc) is 2.95. The standard InChI is InChI=1S/C17H26N2O/c1-3-13-5-4-10-19(13)16-9-7-12-6-8-14(20-2)11-15(12)17(16)18/h6,8,11,13,16-17H,3-5,7,9-10,18H2,1-2H3. The molecule has 3 atom stereocenters. The van der Waals surface area contributed by atoms with Crippen molar-refractivity contribution in [2.75, 3.05) is 13.7 Å². The van der Waals surface area contributed by atoms with Gasteiger partial charge in [0.05, 0.1) is 7.11 Å². The number of hydrogen-bond donors (Lipinski definition) is 1. The van der Waals surface area contributed by atoms with Gasteiger partial charge < -0.3 is 10.5 Å². The van der Waals surface area contributed by atoms with E-state index in [9.17, 15) is 0 Å². The SMILES string of the molecule is CCC1CCCN1C1CCc2ccc(OC)cc2C1N. The number of ether oxygens (including phenoxy) is 1. The molecule has 0 saturated carbocycles. The van der Waals surface area contributed by atoms with Gasteiger partial charge in [-0.05, 0) is 61.9 Å². The molecule has 110 valence electrons. The number of benzene rings is 1. The van der Waals surface area contributed by atoms with E-state index in [4.69, 9.17) is 10.5 Å². The molecule has 0 bridgehead atoms. The van der Waals surface area contributed by atoms with Crippen LogP contribution in [-0.4, -0.2) is 30.6 Å². The second-order valence-corrected chi connectivity index (χ2v) is 6.14. The molecule has 2 N–H and O–H groups in total. The van der Waals surface area contributed by atoms with Crippen molar-refractivity contribution < 1.29 is 4.74 Å². The van der Waals surface area contributed by atoms with Crippen molar-refractivity contribution in [3.05, 3.63) is 29.3 Å². The highest BCUT2D eigenvalue weighted by Gasteiger charge is 2.36. The van der Waals surface area contributed by atoms with E-state index < -0.39 is 0 Å². The third-order valence-corrected chi connectivity index (χ3v) is 5.16. The van der Waals surface area contributed by atoms with Crippen molar-refractivity contribution in [2.24, 2.45) is 5.73 Å². The minimum atomic E-state index is 0.126. The first kappa shape index (κ1) is 13.9. The van der Waals surface area contributed by atoms with Crippen LogP contribution in [0.4, 0.5) is 0 Å². The molecule has 1 fully saturated rings. The number of methoxy groups -OCH3 is 1. The Morgan fingerprint density at radius 1 is 1.35 bits per heavy atom. The summed E-state index contributed by atoms with van der Waals surface area (Å²) in [7, 11) is 1.72. The Labute approximate surface area is 122 Å². The quantitative estimate of drug-likeness (QED) is 0.921. The van der Waals surface area contributed by atoms with Crippen LogP contribution in [0.25, 0.3) is 0 Å². The van der Waals surface area contributed by atoms with Crippen molar-refractivity contribution >= 4 is 0 Å². The fourth-order valence-electron chi connectivity index (χ4n) is 4.03. The van der Waals surface area contributed by atoms with Crippen molar-refractivity contribution in [1.82, 2.24) is 4.90 Å². The number of aryl methyl sites for hydroxylation is 1. The van der Waals surface area contributed by atoms with Crippen LogP contribution in [0.2, 0.25) is 0 Å². The van der Waals surface area contributed by atoms with E-state index in [1.165, 1.54) is 43.4 Å². The van der Waals surface area contributed by atoms with Gasteiger partial charge in [-0.3, -0.25) is 4.90 Å². The van der Waals surface area contributed by atoms with Crippen molar-refractivity contribution in [2.45, 2.75) is 57.2 Å². The molecule has 0 amide bonds. The third kappa shape index (κ3) is 2.33. The third-order valence-electron chi connectivity index (χ3n) is 5.16. The molecule has 1 aromatic rings. The van der Waals surface area contributed by atoms with Crippen LogP contribution in [-0.2, 0) is 6.42 Å². The lowest BCUT2D eigenvalue weighted by Gasteiger charge is -2.40. The number of hydrogen-bond acceptors (Lipinski definition) is 3. The lowest BCUT2D eigenvalue weighted by molar-refractivity contribution is 0.138. The maximum absolute atomic E-state index is 6.61. The summed E-state index contributed by atoms with van der Waals surface area (Å²) in [5, 5.41) is 0. The van der Waals surface area contributed by atoms with Gasteiger partial charge in [0.25, 0.3) is 0 Å². The highest BCUT2D eigenvalue weighted by Crippen LogP contribution is 2.37. The van der Waals surface area contributed by atoms with Gasteiger partial charge in [-0.25, -0.2) is 0 Å². The van der Waals surface area contributed by atoms with Crippen LogP contribution >= 0.6 is 0 Å². The summed E-state index contributed by atoms with van der Waals surface area (Å²) in [6.45, 7) is 3.52. The summed E-state index contributed by atoms with van der Waals surface area (Å²) in [5.74, 6) is 0.924. The van der Waals surface area contributed by atoms with E-state index in [0.717, 1.165) is 18.2 Å². The molecule has 1 aliphatic carbocycles. The highest BCUT2D eigenvalue weighted by molar-refractivity contribution is 5.40. The van der Waals surface area contributed by atoms with Gasteiger partial charge >= 0.3 is 0 Å². The van der Waals surface area contributed by atoms with Crippen molar-refractivity contribution in [3.63, 3.8) is 0 Å². The van der Waals surface area contributed by atoms with Crippen LogP contribution in [0.15, 0.2) is 18.2 Å². The zero-order valence-electron chi connectivity index (χ0n) is 12.6. The van der Waals surface area contributed by atoms with Crippen LogP contribution in [0.5, 0.6) is 5.75 Å². The smallest absolute Gasteiger partial charge is 0.119 e. The van der Waals surface area contributed by atoms with E-state index in [-0.39, 0.29) is 6.04 Å². The summed E-state index contributed by atoms with van der Waals surface area (Å²) in [4.78, 5) is 2.67. The lowest BCUT2D eigenvalue weighted by atomic mass is 9.83. The predicted octanol–water partition coefficient (Wildman–Crippen LogP) is 2.88. The first-order valence-corrected chi connectivity index (χ1v) is 7.92. The molecule has 2 aliphatic rings. The molecule has 1 saturated heterocycles. The number of fused-ring (bicyclic) bond motifs is 1. The summed E-state index contributed by atoms with van der Waals surface area (Å²) >= 11 is 0. The van der Waals surface area contributed by atoms with Gasteiger partial charge in [0, 0.05) is 18.1 Å². The largest absolute Gasteiger partial charge is 0.497 e. The zero-order valence-corrected chi connectivity index (χ0v) is 12.6. The maximum Gasteiger partial charge on any atom is 0.119 e. The predicted molar refractivity (Wildman–Crippen MR) is 82.1 cm³/mol. The Bertz CT molecular complexity index is 474. The molecule has 1 aliphatic heterocycles. The summed E-state index contributed by atoms with van der Waals surface area (Å²) < 4.78 is 5.36. The van der Waals surface area contributed by atoms with E-state index in [0.29, 0.717) is 6.04 Å². The monoisotopic (exact) mass is 274 g/mol. The Morgan fingerprint density at radius 3 is 2.95 bits per heavy atom. The number of rotatable bonds is 3. The number of nitrogens with two attached hydrogens (primary N) is 1. The summed E-state index contributed by atoms with van der Waals surface area (Å²) in [6.07, 6.45) is 6.24. The Morgan fingerprint density at radius 2 is 2.20 bits per heavy atom. The summed E-state index contributed by atoms with van der Waals surface area (Å²) in [6, 6.07) is 7.74. The number of likely N-dealkylation sites (tertiary alicyclic amines) is 1. The Balaban J connectivity index is 1.86. The molecule has 3 nitrogen and oxygen atoms in total. The minimum Gasteiger partial charge on any atom is -0.497 e. The molecular formula is C17H26N2O. The first-order chi connectivity index (χ1) is 9.74. The first-order valence-electron chi connectivity index (χ1n) is 7.92. The molecule has 3 rings (SSSR count). The molecule has 3 unspecified atom stereocenters. The van der Waals surface area contributed by atoms with Gasteiger partial charge in [0.15, 0.2) is 0 Å². The van der Waals surface area contributed by atoms with E-state index in [1.807, 2.05) is 0 Å². The molecule has 20 heavy (non-hydrogen) atoms. The normalized spacial score (nSPS) is 30.2. The van der Waals surface area contributed by atoms with Crippen LogP contribution < -0.4 is 10.5 Å². The minimum absolute atomic E-state index is 0.126. The van der Waals surface area contributed by atoms with E-state index in [2.05, 4.69) is 30.0 Å². The molecule has 3 heteroatoms. The second kappa shape index (κ2) is 5.74. The molecule has 0 radical (unpaired) electrons.